The molecule has 0 aliphatic rings. The Labute approximate surface area is 117 Å². The Morgan fingerprint density at radius 2 is 1.89 bits per heavy atom. The summed E-state index contributed by atoms with van der Waals surface area (Å²) >= 11 is 12.1. The molecule has 100 valence electrons. The minimum absolute atomic E-state index is 0.302. The second-order valence-electron chi connectivity index (χ2n) is 4.15. The van der Waals surface area contributed by atoms with Crippen LogP contribution in [0.2, 0.25) is 10.0 Å². The Morgan fingerprint density at radius 3 is 2.33 bits per heavy atom. The van der Waals surface area contributed by atoms with Crippen LogP contribution < -0.4 is 0 Å². The number of hydrogen-bond acceptors (Lipinski definition) is 2. The molecular weight excluding hydrogens is 273 g/mol. The number of carbonyl (C=O) groups is 1. The second kappa shape index (κ2) is 5.91. The third-order valence-electron chi connectivity index (χ3n) is 3.29. The fraction of sp³-hybridized carbons (Fsp3) is 0.462. The largest absolute Gasteiger partial charge is 0.480 e. The highest BCUT2D eigenvalue weighted by atomic mass is 35.5. The molecule has 1 aromatic carbocycles. The van der Waals surface area contributed by atoms with E-state index in [2.05, 4.69) is 0 Å². The molecule has 1 unspecified atom stereocenters. The lowest BCUT2D eigenvalue weighted by Gasteiger charge is -2.37. The topological polar surface area (TPSA) is 40.5 Å². The summed E-state index contributed by atoms with van der Waals surface area (Å²) in [6, 6.07) is 5.08. The Balaban J connectivity index is 3.45. The highest BCUT2D eigenvalue weighted by molar-refractivity contribution is 6.42. The van der Waals surface area contributed by atoms with Crippen molar-refractivity contribution in [1.29, 1.82) is 0 Å². The van der Waals surface area contributed by atoms with E-state index >= 15 is 0 Å². The fourth-order valence-electron chi connectivity index (χ4n) is 2.16. The standard InChI is InChI=1S/C13H17Cl2NO2/c1-4-16(5-2)13(3,12(17)18)9-7-6-8-10(14)11(9)15/h6-8H,4-5H2,1-3H3,(H,17,18). The lowest BCUT2D eigenvalue weighted by atomic mass is 9.89. The fourth-order valence-corrected chi connectivity index (χ4v) is 2.64. The van der Waals surface area contributed by atoms with Gasteiger partial charge in [-0.2, -0.15) is 0 Å². The van der Waals surface area contributed by atoms with Crippen molar-refractivity contribution in [3.8, 4) is 0 Å². The van der Waals surface area contributed by atoms with Gasteiger partial charge < -0.3 is 5.11 Å². The van der Waals surface area contributed by atoms with Gasteiger partial charge in [0.1, 0.15) is 5.54 Å². The number of carboxylic acids is 1. The number of aliphatic carboxylic acids is 1. The van der Waals surface area contributed by atoms with Crippen LogP contribution in [0.15, 0.2) is 18.2 Å². The van der Waals surface area contributed by atoms with Crippen molar-refractivity contribution >= 4 is 29.2 Å². The molecular formula is C13H17Cl2NO2. The van der Waals surface area contributed by atoms with Crippen LogP contribution in [-0.2, 0) is 10.3 Å². The number of hydrogen-bond donors (Lipinski definition) is 1. The molecule has 0 spiro atoms. The normalized spacial score (nSPS) is 14.6. The van der Waals surface area contributed by atoms with E-state index in [0.717, 1.165) is 0 Å². The molecule has 0 bridgehead atoms. The van der Waals surface area contributed by atoms with E-state index in [1.54, 1.807) is 25.1 Å². The van der Waals surface area contributed by atoms with Gasteiger partial charge in [0.25, 0.3) is 0 Å². The minimum Gasteiger partial charge on any atom is -0.480 e. The lowest BCUT2D eigenvalue weighted by Crippen LogP contribution is -2.49. The van der Waals surface area contributed by atoms with Gasteiger partial charge in [-0.25, -0.2) is 4.79 Å². The van der Waals surface area contributed by atoms with E-state index < -0.39 is 11.5 Å². The summed E-state index contributed by atoms with van der Waals surface area (Å²) in [4.78, 5) is 13.5. The third-order valence-corrected chi connectivity index (χ3v) is 4.11. The van der Waals surface area contributed by atoms with Crippen molar-refractivity contribution < 1.29 is 9.90 Å². The minimum atomic E-state index is -1.18. The monoisotopic (exact) mass is 289 g/mol. The van der Waals surface area contributed by atoms with Crippen LogP contribution in [0.4, 0.5) is 0 Å². The molecule has 5 heteroatoms. The molecule has 0 saturated heterocycles. The second-order valence-corrected chi connectivity index (χ2v) is 4.94. The number of carboxylic acid groups (broad SMARTS) is 1. The van der Waals surface area contributed by atoms with E-state index in [1.165, 1.54) is 0 Å². The van der Waals surface area contributed by atoms with Gasteiger partial charge in [-0.1, -0.05) is 49.2 Å². The van der Waals surface area contributed by atoms with Crippen LogP contribution in [0.5, 0.6) is 0 Å². The Bertz CT molecular complexity index is 447. The molecule has 1 N–H and O–H groups in total. The number of nitrogens with zero attached hydrogens (tertiary/aromatic N) is 1. The van der Waals surface area contributed by atoms with Gasteiger partial charge in [-0.05, 0) is 26.1 Å². The summed E-state index contributed by atoms with van der Waals surface area (Å²) in [7, 11) is 0. The van der Waals surface area contributed by atoms with Crippen LogP contribution >= 0.6 is 23.2 Å². The molecule has 18 heavy (non-hydrogen) atoms. The molecule has 0 aromatic heterocycles. The van der Waals surface area contributed by atoms with Gasteiger partial charge in [0.15, 0.2) is 0 Å². The number of rotatable bonds is 5. The molecule has 0 fully saturated rings. The van der Waals surface area contributed by atoms with Crippen molar-refractivity contribution in [3.05, 3.63) is 33.8 Å². The van der Waals surface area contributed by atoms with Crippen molar-refractivity contribution in [3.63, 3.8) is 0 Å². The van der Waals surface area contributed by atoms with Crippen LogP contribution in [-0.4, -0.2) is 29.1 Å². The Morgan fingerprint density at radius 1 is 1.33 bits per heavy atom. The van der Waals surface area contributed by atoms with Gasteiger partial charge in [-0.3, -0.25) is 4.90 Å². The van der Waals surface area contributed by atoms with Gasteiger partial charge in [0, 0.05) is 5.56 Å². The maximum absolute atomic E-state index is 11.7. The van der Waals surface area contributed by atoms with E-state index in [9.17, 15) is 9.90 Å². The maximum Gasteiger partial charge on any atom is 0.328 e. The summed E-state index contributed by atoms with van der Waals surface area (Å²) in [5.41, 5.74) is -0.654. The molecule has 1 aromatic rings. The molecule has 3 nitrogen and oxygen atoms in total. The maximum atomic E-state index is 11.7. The molecule has 0 saturated carbocycles. The highest BCUT2D eigenvalue weighted by Gasteiger charge is 2.41. The zero-order valence-corrected chi connectivity index (χ0v) is 12.2. The molecule has 0 amide bonds. The first-order valence-corrected chi connectivity index (χ1v) is 6.58. The summed E-state index contributed by atoms with van der Waals surface area (Å²) in [6.07, 6.45) is 0. The molecule has 0 radical (unpaired) electrons. The quantitative estimate of drug-likeness (QED) is 0.900. The summed E-state index contributed by atoms with van der Waals surface area (Å²) in [5.74, 6) is -0.935. The highest BCUT2D eigenvalue weighted by Crippen LogP contribution is 2.37. The van der Waals surface area contributed by atoms with Crippen LogP contribution in [0.25, 0.3) is 0 Å². The zero-order valence-electron chi connectivity index (χ0n) is 10.7. The van der Waals surface area contributed by atoms with Crippen molar-refractivity contribution in [2.24, 2.45) is 0 Å². The van der Waals surface area contributed by atoms with Crippen LogP contribution in [0, 0.1) is 0 Å². The number of likely N-dealkylation sites (N-methyl/N-ethyl adjacent to an activating group) is 1. The molecule has 0 aliphatic heterocycles. The van der Waals surface area contributed by atoms with Gasteiger partial charge in [0.05, 0.1) is 10.0 Å². The third kappa shape index (κ3) is 2.48. The van der Waals surface area contributed by atoms with Crippen LogP contribution in [0.3, 0.4) is 0 Å². The smallest absolute Gasteiger partial charge is 0.328 e. The van der Waals surface area contributed by atoms with Crippen molar-refractivity contribution in [2.75, 3.05) is 13.1 Å². The van der Waals surface area contributed by atoms with Crippen LogP contribution in [0.1, 0.15) is 26.3 Å². The van der Waals surface area contributed by atoms with E-state index in [1.807, 2.05) is 18.7 Å². The predicted octanol–water partition coefficient (Wildman–Crippen LogP) is 3.64. The van der Waals surface area contributed by atoms with Gasteiger partial charge >= 0.3 is 5.97 Å². The van der Waals surface area contributed by atoms with E-state index in [4.69, 9.17) is 23.2 Å². The predicted molar refractivity (Wildman–Crippen MR) is 74.4 cm³/mol. The van der Waals surface area contributed by atoms with Crippen molar-refractivity contribution in [1.82, 2.24) is 4.90 Å². The zero-order chi connectivity index (χ0) is 13.9. The number of halogens is 2. The summed E-state index contributed by atoms with van der Waals surface area (Å²) in [6.45, 7) is 6.72. The average molecular weight is 290 g/mol. The Kier molecular flexibility index (Phi) is 5.02. The molecule has 0 heterocycles. The lowest BCUT2D eigenvalue weighted by molar-refractivity contribution is -0.151. The first-order chi connectivity index (χ1) is 8.39. The van der Waals surface area contributed by atoms with E-state index in [0.29, 0.717) is 28.7 Å². The Hall–Kier alpha value is -0.770. The SMILES string of the molecule is CCN(CC)C(C)(C(=O)O)c1cccc(Cl)c1Cl. The van der Waals surface area contributed by atoms with Gasteiger partial charge in [0.2, 0.25) is 0 Å². The molecule has 0 aliphatic carbocycles. The summed E-state index contributed by atoms with van der Waals surface area (Å²) in [5, 5.41) is 10.3. The first kappa shape index (κ1) is 15.3. The average Bonchev–Trinajstić information content (AvgIpc) is 2.33. The number of benzene rings is 1. The van der Waals surface area contributed by atoms with Crippen molar-refractivity contribution in [2.45, 2.75) is 26.3 Å². The van der Waals surface area contributed by atoms with E-state index in [-0.39, 0.29) is 0 Å². The molecule has 1 rings (SSSR count). The summed E-state index contributed by atoms with van der Waals surface area (Å²) < 4.78 is 0. The first-order valence-electron chi connectivity index (χ1n) is 5.82. The van der Waals surface area contributed by atoms with Gasteiger partial charge in [-0.15, -0.1) is 0 Å². The molecule has 1 atom stereocenters.